The van der Waals surface area contributed by atoms with Crippen molar-refractivity contribution in [2.24, 2.45) is 5.11 Å². The summed E-state index contributed by atoms with van der Waals surface area (Å²) in [6, 6.07) is 7.17. The van der Waals surface area contributed by atoms with E-state index in [1.54, 1.807) is 12.1 Å². The molecule has 0 fully saturated rings. The Bertz CT molecular complexity index is 301. The molecular weight excluding hydrogens is 155 g/mol. The molecule has 0 bridgehead atoms. The average Bonchev–Trinajstić information content (AvgIpc) is 2.10. The van der Waals surface area contributed by atoms with E-state index in [1.165, 1.54) is 0 Å². The van der Waals surface area contributed by atoms with Crippen LogP contribution in [0, 0.1) is 12.5 Å². The van der Waals surface area contributed by atoms with Crippen molar-refractivity contribution < 1.29 is 4.39 Å². The molecule has 0 aliphatic rings. The van der Waals surface area contributed by atoms with Gasteiger partial charge in [0.15, 0.2) is 0 Å². The maximum Gasteiger partial charge on any atom is 0.120 e. The molecule has 0 aromatic heterocycles. The van der Waals surface area contributed by atoms with E-state index in [2.05, 4.69) is 5.11 Å². The van der Waals surface area contributed by atoms with Gasteiger partial charge in [0.05, 0.1) is 0 Å². The largest absolute Gasteiger partial charge is 0.213 e. The summed E-state index contributed by atoms with van der Waals surface area (Å²) in [6.07, 6.45) is 0.331. The summed E-state index contributed by atoms with van der Waals surface area (Å²) in [4.78, 5) is 0. The molecule has 0 atom stereocenters. The van der Waals surface area contributed by atoms with E-state index >= 15 is 0 Å². The number of aryl methyl sites for hydroxylation is 1. The quantitative estimate of drug-likeness (QED) is 0.651. The van der Waals surface area contributed by atoms with Crippen molar-refractivity contribution in [2.45, 2.75) is 6.92 Å². The Morgan fingerprint density at radius 1 is 1.42 bits per heavy atom. The van der Waals surface area contributed by atoms with Crippen LogP contribution in [-0.2, 0) is 0 Å². The van der Waals surface area contributed by atoms with Gasteiger partial charge in [-0.3, -0.25) is 0 Å². The van der Waals surface area contributed by atoms with Crippen molar-refractivity contribution in [3.8, 4) is 0 Å². The van der Waals surface area contributed by atoms with Crippen LogP contribution in [0.5, 0.6) is 0 Å². The molecule has 2 nitrogen and oxygen atoms in total. The third-order valence-corrected chi connectivity index (χ3v) is 1.57. The lowest BCUT2D eigenvalue weighted by molar-refractivity contribution is 0.720. The van der Waals surface area contributed by atoms with E-state index in [1.807, 2.05) is 19.1 Å². The first-order valence-electron chi connectivity index (χ1n) is 3.53. The zero-order valence-corrected chi connectivity index (χ0v) is 6.71. The smallest absolute Gasteiger partial charge is 0.120 e. The number of benzene rings is 1. The number of nitrogens with zero attached hydrogens (tertiary/aromatic N) is 1. The fourth-order valence-electron chi connectivity index (χ4n) is 0.876. The molecule has 12 heavy (non-hydrogen) atoms. The minimum absolute atomic E-state index is 0.0509. The van der Waals surface area contributed by atoms with Gasteiger partial charge < -0.3 is 0 Å². The fourth-order valence-corrected chi connectivity index (χ4v) is 0.876. The molecule has 0 aliphatic heterocycles. The van der Waals surface area contributed by atoms with Gasteiger partial charge in [-0.15, -0.1) is 0 Å². The van der Waals surface area contributed by atoms with Gasteiger partial charge in [0.2, 0.25) is 0 Å². The highest BCUT2D eigenvalue weighted by Crippen LogP contribution is 2.15. The summed E-state index contributed by atoms with van der Waals surface area (Å²) in [5.74, 6) is 0. The highest BCUT2D eigenvalue weighted by Gasteiger charge is 1.97. The van der Waals surface area contributed by atoms with Crippen LogP contribution < -0.4 is 0 Å². The molecule has 62 valence electrons. The molecule has 0 saturated carbocycles. The van der Waals surface area contributed by atoms with Crippen LogP contribution in [-0.4, -0.2) is 0 Å². The number of nitrogens with one attached hydrogen (secondary N) is 1. The molecule has 1 N–H and O–H groups in total. The van der Waals surface area contributed by atoms with Crippen LogP contribution in [0.15, 0.2) is 35.7 Å². The monoisotopic (exact) mass is 164 g/mol. The second kappa shape index (κ2) is 3.76. The summed E-state index contributed by atoms with van der Waals surface area (Å²) >= 11 is 0. The van der Waals surface area contributed by atoms with E-state index in [0.29, 0.717) is 11.9 Å². The Morgan fingerprint density at radius 3 is 2.42 bits per heavy atom. The predicted molar refractivity (Wildman–Crippen MR) is 45.4 cm³/mol. The number of hydrogen-bond acceptors (Lipinski definition) is 2. The van der Waals surface area contributed by atoms with Crippen molar-refractivity contribution in [1.82, 2.24) is 0 Å². The zero-order valence-electron chi connectivity index (χ0n) is 6.71. The number of halogens is 1. The summed E-state index contributed by atoms with van der Waals surface area (Å²) in [6.45, 7) is 1.94. The summed E-state index contributed by atoms with van der Waals surface area (Å²) in [7, 11) is 0. The maximum absolute atomic E-state index is 12.1. The third-order valence-electron chi connectivity index (χ3n) is 1.57. The number of rotatable bonds is 2. The van der Waals surface area contributed by atoms with E-state index in [4.69, 9.17) is 5.53 Å². The Labute approximate surface area is 70.2 Å². The Balaban J connectivity index is 3.04. The first-order chi connectivity index (χ1) is 5.77. The van der Waals surface area contributed by atoms with Crippen molar-refractivity contribution >= 4 is 5.70 Å². The molecule has 1 aromatic carbocycles. The normalized spacial score (nSPS) is 11.3. The minimum atomic E-state index is 0.0509. The highest BCUT2D eigenvalue weighted by molar-refractivity contribution is 5.62. The molecule has 3 heteroatoms. The Kier molecular flexibility index (Phi) is 2.69. The Hall–Kier alpha value is -1.51. The third kappa shape index (κ3) is 1.75. The van der Waals surface area contributed by atoms with Gasteiger partial charge in [-0.2, -0.15) is 5.11 Å². The first kappa shape index (κ1) is 8.59. The molecule has 0 saturated heterocycles. The van der Waals surface area contributed by atoms with E-state index in [-0.39, 0.29) is 5.70 Å². The lowest BCUT2D eigenvalue weighted by Gasteiger charge is -1.97. The van der Waals surface area contributed by atoms with Crippen LogP contribution in [0.2, 0.25) is 0 Å². The molecule has 0 unspecified atom stereocenters. The predicted octanol–water partition coefficient (Wildman–Crippen LogP) is 3.29. The van der Waals surface area contributed by atoms with E-state index in [9.17, 15) is 4.39 Å². The van der Waals surface area contributed by atoms with Crippen LogP contribution in [0.3, 0.4) is 0 Å². The molecular formula is C9H9FN2. The summed E-state index contributed by atoms with van der Waals surface area (Å²) in [5, 5.41) is 3.04. The lowest BCUT2D eigenvalue weighted by atomic mass is 10.1. The maximum atomic E-state index is 12.1. The first-order valence-corrected chi connectivity index (χ1v) is 3.53. The van der Waals surface area contributed by atoms with Gasteiger partial charge in [-0.05, 0) is 6.92 Å². The van der Waals surface area contributed by atoms with Gasteiger partial charge in [-0.25, -0.2) is 9.92 Å². The molecule has 0 radical (unpaired) electrons. The van der Waals surface area contributed by atoms with Crippen molar-refractivity contribution in [3.63, 3.8) is 0 Å². The minimum Gasteiger partial charge on any atom is -0.213 e. The molecule has 0 spiro atoms. The van der Waals surface area contributed by atoms with Crippen molar-refractivity contribution in [1.29, 1.82) is 5.53 Å². The average molecular weight is 164 g/mol. The molecule has 1 rings (SSSR count). The second-order valence-corrected chi connectivity index (χ2v) is 2.47. The van der Waals surface area contributed by atoms with Crippen molar-refractivity contribution in [3.05, 3.63) is 41.7 Å². The van der Waals surface area contributed by atoms with Gasteiger partial charge in [-0.1, -0.05) is 29.8 Å². The summed E-state index contributed by atoms with van der Waals surface area (Å²) in [5.41, 5.74) is 8.44. The molecule has 0 heterocycles. The van der Waals surface area contributed by atoms with Gasteiger partial charge in [0, 0.05) is 5.56 Å². The van der Waals surface area contributed by atoms with Crippen LogP contribution in [0.1, 0.15) is 11.1 Å². The standard InChI is InChI=1S/C9H9FN2/c1-7-2-4-8(5-3-7)9(6-10)12-11/h2-6,11H,1H3/b9-6-,12-11?. The van der Waals surface area contributed by atoms with Crippen LogP contribution in [0.25, 0.3) is 5.70 Å². The van der Waals surface area contributed by atoms with Crippen LogP contribution in [0.4, 0.5) is 4.39 Å². The zero-order chi connectivity index (χ0) is 8.97. The Morgan fingerprint density at radius 2 is 2.00 bits per heavy atom. The lowest BCUT2D eigenvalue weighted by Crippen LogP contribution is -1.79. The van der Waals surface area contributed by atoms with Gasteiger partial charge in [0.25, 0.3) is 0 Å². The van der Waals surface area contributed by atoms with Crippen LogP contribution >= 0.6 is 0 Å². The van der Waals surface area contributed by atoms with Crippen molar-refractivity contribution in [2.75, 3.05) is 0 Å². The molecule has 0 amide bonds. The molecule has 0 aliphatic carbocycles. The van der Waals surface area contributed by atoms with Gasteiger partial charge >= 0.3 is 0 Å². The fraction of sp³-hybridized carbons (Fsp3) is 0.111. The van der Waals surface area contributed by atoms with Gasteiger partial charge in [0.1, 0.15) is 12.0 Å². The second-order valence-electron chi connectivity index (χ2n) is 2.47. The summed E-state index contributed by atoms with van der Waals surface area (Å²) < 4.78 is 12.1. The highest BCUT2D eigenvalue weighted by atomic mass is 19.1. The SMILES string of the molecule is Cc1ccc(/C(=C/F)N=N)cc1. The molecule has 1 aromatic rings. The topological polar surface area (TPSA) is 36.2 Å². The van der Waals surface area contributed by atoms with E-state index < -0.39 is 0 Å². The number of hydrogen-bond donors (Lipinski definition) is 1. The van der Waals surface area contributed by atoms with E-state index in [0.717, 1.165) is 5.56 Å².